The molecule has 0 aromatic carbocycles. The maximum Gasteiger partial charge on any atom is 0.235 e. The molecule has 0 spiro atoms. The largest absolute Gasteiger partial charge is 0.373 e. The molecule has 1 heterocycles. The second-order valence-electron chi connectivity index (χ2n) is 5.90. The van der Waals surface area contributed by atoms with Crippen LogP contribution in [-0.4, -0.2) is 48.2 Å². The van der Waals surface area contributed by atoms with Crippen molar-refractivity contribution in [2.45, 2.75) is 57.3 Å². The Hall–Kier alpha value is -1.12. The fourth-order valence-electron chi connectivity index (χ4n) is 3.17. The standard InChI is InChI=1S/C14H23N3O2/c1-11-7-17(8-12(2)19-11)9-13(18)16-14(10-15)5-3-4-6-14/h11-12H,3-9H2,1-2H3,(H,16,18)/t11-,12+. The molecular weight excluding hydrogens is 242 g/mol. The number of hydrogen-bond acceptors (Lipinski definition) is 4. The van der Waals surface area contributed by atoms with Gasteiger partial charge in [0.1, 0.15) is 5.54 Å². The molecule has 1 aliphatic heterocycles. The number of nitriles is 1. The Morgan fingerprint density at radius 1 is 1.37 bits per heavy atom. The number of ether oxygens (including phenoxy) is 1. The summed E-state index contributed by atoms with van der Waals surface area (Å²) in [6.45, 7) is 5.96. The van der Waals surface area contributed by atoms with Crippen LogP contribution in [-0.2, 0) is 9.53 Å². The number of nitrogens with zero attached hydrogens (tertiary/aromatic N) is 2. The van der Waals surface area contributed by atoms with E-state index in [1.165, 1.54) is 0 Å². The molecule has 1 saturated carbocycles. The van der Waals surface area contributed by atoms with Crippen molar-refractivity contribution in [2.75, 3.05) is 19.6 Å². The molecule has 5 heteroatoms. The van der Waals surface area contributed by atoms with E-state index in [-0.39, 0.29) is 18.1 Å². The summed E-state index contributed by atoms with van der Waals surface area (Å²) < 4.78 is 5.65. The van der Waals surface area contributed by atoms with Crippen LogP contribution in [0.4, 0.5) is 0 Å². The first kappa shape index (κ1) is 14.3. The third kappa shape index (κ3) is 3.68. The van der Waals surface area contributed by atoms with Crippen LogP contribution >= 0.6 is 0 Å². The Morgan fingerprint density at radius 3 is 2.47 bits per heavy atom. The zero-order chi connectivity index (χ0) is 13.9. The Morgan fingerprint density at radius 2 is 1.95 bits per heavy atom. The van der Waals surface area contributed by atoms with Crippen LogP contribution in [0.2, 0.25) is 0 Å². The SMILES string of the molecule is C[C@@H]1CN(CC(=O)NC2(C#N)CCCC2)C[C@H](C)O1. The summed E-state index contributed by atoms with van der Waals surface area (Å²) in [5.74, 6) is -0.0373. The van der Waals surface area contributed by atoms with E-state index in [4.69, 9.17) is 4.74 Å². The Balaban J connectivity index is 1.85. The predicted octanol–water partition coefficient (Wildman–Crippen LogP) is 1.05. The fraction of sp³-hybridized carbons (Fsp3) is 0.857. The summed E-state index contributed by atoms with van der Waals surface area (Å²) in [6, 6.07) is 2.29. The summed E-state index contributed by atoms with van der Waals surface area (Å²) >= 11 is 0. The molecule has 106 valence electrons. The molecule has 1 aliphatic carbocycles. The maximum atomic E-state index is 12.1. The van der Waals surface area contributed by atoms with E-state index >= 15 is 0 Å². The number of rotatable bonds is 3. The molecule has 0 radical (unpaired) electrons. The summed E-state index contributed by atoms with van der Waals surface area (Å²) in [5.41, 5.74) is -0.611. The Kier molecular flexibility index (Phi) is 4.43. The summed E-state index contributed by atoms with van der Waals surface area (Å²) in [6.07, 6.45) is 3.94. The van der Waals surface area contributed by atoms with E-state index in [2.05, 4.69) is 16.3 Å². The lowest BCUT2D eigenvalue weighted by molar-refractivity contribution is -0.127. The van der Waals surface area contributed by atoms with Gasteiger partial charge >= 0.3 is 0 Å². The molecule has 2 rings (SSSR count). The molecule has 2 aliphatic rings. The molecule has 19 heavy (non-hydrogen) atoms. The second-order valence-corrected chi connectivity index (χ2v) is 5.90. The van der Waals surface area contributed by atoms with Gasteiger partial charge in [-0.15, -0.1) is 0 Å². The number of carbonyl (C=O) groups excluding carboxylic acids is 1. The topological polar surface area (TPSA) is 65.4 Å². The van der Waals surface area contributed by atoms with E-state index in [1.54, 1.807) is 0 Å². The summed E-state index contributed by atoms with van der Waals surface area (Å²) in [7, 11) is 0. The number of morpholine rings is 1. The van der Waals surface area contributed by atoms with Crippen LogP contribution in [0.1, 0.15) is 39.5 Å². The second kappa shape index (κ2) is 5.89. The lowest BCUT2D eigenvalue weighted by Crippen LogP contribution is -2.53. The van der Waals surface area contributed by atoms with Crippen molar-refractivity contribution in [3.63, 3.8) is 0 Å². The average Bonchev–Trinajstić information content (AvgIpc) is 2.76. The molecule has 0 unspecified atom stereocenters. The van der Waals surface area contributed by atoms with E-state index < -0.39 is 5.54 Å². The van der Waals surface area contributed by atoms with Gasteiger partial charge in [0.15, 0.2) is 0 Å². The molecule has 2 atom stereocenters. The molecule has 0 aromatic heterocycles. The first-order valence-electron chi connectivity index (χ1n) is 7.13. The maximum absolute atomic E-state index is 12.1. The minimum Gasteiger partial charge on any atom is -0.373 e. The van der Waals surface area contributed by atoms with Crippen LogP contribution < -0.4 is 5.32 Å². The van der Waals surface area contributed by atoms with Crippen LogP contribution in [0.5, 0.6) is 0 Å². The zero-order valence-electron chi connectivity index (χ0n) is 11.8. The Bertz CT molecular complexity index is 361. The lowest BCUT2D eigenvalue weighted by Gasteiger charge is -2.35. The van der Waals surface area contributed by atoms with Crippen molar-refractivity contribution in [1.82, 2.24) is 10.2 Å². The van der Waals surface area contributed by atoms with Crippen molar-refractivity contribution in [2.24, 2.45) is 0 Å². The van der Waals surface area contributed by atoms with E-state index in [0.717, 1.165) is 38.8 Å². The van der Waals surface area contributed by atoms with Gasteiger partial charge in [0, 0.05) is 13.1 Å². The van der Waals surface area contributed by atoms with Crippen LogP contribution in [0, 0.1) is 11.3 Å². The first-order chi connectivity index (χ1) is 9.03. The molecule has 2 fully saturated rings. The highest BCUT2D eigenvalue weighted by Crippen LogP contribution is 2.28. The van der Waals surface area contributed by atoms with Crippen LogP contribution in [0.15, 0.2) is 0 Å². The lowest BCUT2D eigenvalue weighted by atomic mass is 10.00. The van der Waals surface area contributed by atoms with Gasteiger partial charge in [-0.1, -0.05) is 0 Å². The molecule has 0 aromatic rings. The van der Waals surface area contributed by atoms with Crippen molar-refractivity contribution in [3.8, 4) is 6.07 Å². The van der Waals surface area contributed by atoms with E-state index in [0.29, 0.717) is 6.54 Å². The van der Waals surface area contributed by atoms with Gasteiger partial charge in [0.05, 0.1) is 24.8 Å². The number of amides is 1. The van der Waals surface area contributed by atoms with Crippen LogP contribution in [0.25, 0.3) is 0 Å². The number of hydrogen-bond donors (Lipinski definition) is 1. The minimum atomic E-state index is -0.611. The van der Waals surface area contributed by atoms with Gasteiger partial charge in [-0.3, -0.25) is 9.69 Å². The molecular formula is C14H23N3O2. The van der Waals surface area contributed by atoms with E-state index in [1.807, 2.05) is 13.8 Å². The zero-order valence-corrected chi connectivity index (χ0v) is 11.8. The molecule has 1 amide bonds. The molecule has 0 bridgehead atoms. The van der Waals surface area contributed by atoms with Gasteiger partial charge in [-0.25, -0.2) is 0 Å². The highest BCUT2D eigenvalue weighted by atomic mass is 16.5. The van der Waals surface area contributed by atoms with Gasteiger partial charge in [-0.2, -0.15) is 5.26 Å². The van der Waals surface area contributed by atoms with Gasteiger partial charge in [-0.05, 0) is 39.5 Å². The predicted molar refractivity (Wildman–Crippen MR) is 71.4 cm³/mol. The fourth-order valence-corrected chi connectivity index (χ4v) is 3.17. The van der Waals surface area contributed by atoms with Crippen molar-refractivity contribution < 1.29 is 9.53 Å². The first-order valence-corrected chi connectivity index (χ1v) is 7.13. The van der Waals surface area contributed by atoms with Crippen LogP contribution in [0.3, 0.4) is 0 Å². The normalized spacial score (nSPS) is 30.8. The monoisotopic (exact) mass is 265 g/mol. The minimum absolute atomic E-state index is 0.0373. The third-order valence-corrected chi connectivity index (χ3v) is 3.91. The number of nitrogens with one attached hydrogen (secondary N) is 1. The van der Waals surface area contributed by atoms with Gasteiger partial charge in [0.2, 0.25) is 5.91 Å². The molecule has 5 nitrogen and oxygen atoms in total. The highest BCUT2D eigenvalue weighted by Gasteiger charge is 2.36. The summed E-state index contributed by atoms with van der Waals surface area (Å²) in [5, 5.41) is 12.2. The van der Waals surface area contributed by atoms with Crippen molar-refractivity contribution in [1.29, 1.82) is 5.26 Å². The Labute approximate surface area is 114 Å². The summed E-state index contributed by atoms with van der Waals surface area (Å²) in [4.78, 5) is 14.2. The van der Waals surface area contributed by atoms with Gasteiger partial charge < -0.3 is 10.1 Å². The van der Waals surface area contributed by atoms with Gasteiger partial charge in [0.25, 0.3) is 0 Å². The van der Waals surface area contributed by atoms with E-state index in [9.17, 15) is 10.1 Å². The molecule has 1 saturated heterocycles. The molecule has 1 N–H and O–H groups in total. The van der Waals surface area contributed by atoms with Crippen molar-refractivity contribution in [3.05, 3.63) is 0 Å². The van der Waals surface area contributed by atoms with Crippen molar-refractivity contribution >= 4 is 5.91 Å². The smallest absolute Gasteiger partial charge is 0.235 e. The quantitative estimate of drug-likeness (QED) is 0.828. The highest BCUT2D eigenvalue weighted by molar-refractivity contribution is 5.79. The number of carbonyl (C=O) groups is 1. The third-order valence-electron chi connectivity index (χ3n) is 3.91. The average molecular weight is 265 g/mol.